The molecule has 0 aromatic carbocycles. The molecule has 0 radical (unpaired) electrons. The summed E-state index contributed by atoms with van der Waals surface area (Å²) in [6.45, 7) is 3.81. The first-order valence-electron chi connectivity index (χ1n) is 5.72. The SMILES string of the molecule is COC(CNc1nnc(C)c(C)c1C#N)CC(=O)O. The second kappa shape index (κ2) is 6.66. The number of carboxylic acids is 1. The van der Waals surface area contributed by atoms with Crippen molar-refractivity contribution in [2.24, 2.45) is 0 Å². The van der Waals surface area contributed by atoms with Gasteiger partial charge in [-0.2, -0.15) is 10.4 Å². The summed E-state index contributed by atoms with van der Waals surface area (Å²) in [6.07, 6.45) is -0.614. The van der Waals surface area contributed by atoms with E-state index in [0.717, 1.165) is 5.56 Å². The van der Waals surface area contributed by atoms with Crippen molar-refractivity contribution in [3.63, 3.8) is 0 Å². The highest BCUT2D eigenvalue weighted by Gasteiger charge is 2.15. The third-order valence-corrected chi connectivity index (χ3v) is 2.80. The fraction of sp³-hybridized carbons (Fsp3) is 0.500. The van der Waals surface area contributed by atoms with E-state index < -0.39 is 12.1 Å². The van der Waals surface area contributed by atoms with Gasteiger partial charge in [-0.1, -0.05) is 0 Å². The average Bonchev–Trinajstić information content (AvgIpc) is 2.38. The first kappa shape index (κ1) is 14.9. The van der Waals surface area contributed by atoms with Crippen LogP contribution >= 0.6 is 0 Å². The number of anilines is 1. The summed E-state index contributed by atoms with van der Waals surface area (Å²) in [4.78, 5) is 10.6. The lowest BCUT2D eigenvalue weighted by Crippen LogP contribution is -2.26. The molecule has 0 spiro atoms. The number of nitrogens with zero attached hydrogens (tertiary/aromatic N) is 3. The number of nitrogens with one attached hydrogen (secondary N) is 1. The number of aromatic nitrogens is 2. The lowest BCUT2D eigenvalue weighted by Gasteiger charge is -2.15. The van der Waals surface area contributed by atoms with Gasteiger partial charge in [-0.15, -0.1) is 5.10 Å². The topological polar surface area (TPSA) is 108 Å². The third-order valence-electron chi connectivity index (χ3n) is 2.80. The molecule has 1 aromatic heterocycles. The van der Waals surface area contributed by atoms with Crippen LogP contribution in [0.3, 0.4) is 0 Å². The van der Waals surface area contributed by atoms with Gasteiger partial charge < -0.3 is 15.2 Å². The number of rotatable bonds is 6. The van der Waals surface area contributed by atoms with Gasteiger partial charge in [0.2, 0.25) is 0 Å². The molecule has 0 saturated heterocycles. The van der Waals surface area contributed by atoms with Crippen LogP contribution < -0.4 is 5.32 Å². The van der Waals surface area contributed by atoms with Crippen LogP contribution in [0.25, 0.3) is 0 Å². The quantitative estimate of drug-likeness (QED) is 0.784. The summed E-state index contributed by atoms with van der Waals surface area (Å²) in [5.74, 6) is -0.599. The predicted octanol–water partition coefficient (Wildman–Crippen LogP) is 0.867. The van der Waals surface area contributed by atoms with Gasteiger partial charge in [0.05, 0.1) is 18.2 Å². The summed E-state index contributed by atoms with van der Waals surface area (Å²) in [7, 11) is 1.44. The number of carboxylic acid groups (broad SMARTS) is 1. The van der Waals surface area contributed by atoms with E-state index in [1.165, 1.54) is 7.11 Å². The fourth-order valence-electron chi connectivity index (χ4n) is 1.51. The molecule has 19 heavy (non-hydrogen) atoms. The van der Waals surface area contributed by atoms with E-state index in [-0.39, 0.29) is 13.0 Å². The van der Waals surface area contributed by atoms with Crippen molar-refractivity contribution in [2.45, 2.75) is 26.4 Å². The largest absolute Gasteiger partial charge is 0.481 e. The Kier molecular flexibility index (Phi) is 5.21. The molecule has 0 aliphatic carbocycles. The lowest BCUT2D eigenvalue weighted by atomic mass is 10.1. The lowest BCUT2D eigenvalue weighted by molar-refractivity contribution is -0.139. The highest BCUT2D eigenvalue weighted by Crippen LogP contribution is 2.17. The molecule has 1 atom stereocenters. The van der Waals surface area contributed by atoms with Crippen LogP contribution in [0.4, 0.5) is 5.82 Å². The van der Waals surface area contributed by atoms with E-state index in [4.69, 9.17) is 15.1 Å². The van der Waals surface area contributed by atoms with Crippen LogP contribution in [0, 0.1) is 25.2 Å². The van der Waals surface area contributed by atoms with Crippen LogP contribution in [0.15, 0.2) is 0 Å². The van der Waals surface area contributed by atoms with Gasteiger partial charge in [0, 0.05) is 13.7 Å². The maximum absolute atomic E-state index is 10.6. The molecule has 1 rings (SSSR count). The molecule has 0 amide bonds. The van der Waals surface area contributed by atoms with E-state index in [1.807, 2.05) is 0 Å². The predicted molar refractivity (Wildman–Crippen MR) is 67.8 cm³/mol. The highest BCUT2D eigenvalue weighted by molar-refractivity contribution is 5.67. The van der Waals surface area contributed by atoms with E-state index in [9.17, 15) is 4.79 Å². The molecule has 1 heterocycles. The van der Waals surface area contributed by atoms with Crippen molar-refractivity contribution in [2.75, 3.05) is 19.0 Å². The molecule has 0 aliphatic heterocycles. The Labute approximate surface area is 111 Å². The number of hydrogen-bond acceptors (Lipinski definition) is 6. The van der Waals surface area contributed by atoms with Gasteiger partial charge in [0.15, 0.2) is 5.82 Å². The number of methoxy groups -OCH3 is 1. The van der Waals surface area contributed by atoms with Crippen molar-refractivity contribution in [1.29, 1.82) is 5.26 Å². The summed E-state index contributed by atoms with van der Waals surface area (Å²) in [6, 6.07) is 2.07. The molecule has 7 heteroatoms. The third kappa shape index (κ3) is 3.89. The zero-order valence-electron chi connectivity index (χ0n) is 11.1. The Bertz CT molecular complexity index is 510. The van der Waals surface area contributed by atoms with Crippen molar-refractivity contribution in [1.82, 2.24) is 10.2 Å². The van der Waals surface area contributed by atoms with E-state index in [2.05, 4.69) is 21.6 Å². The minimum absolute atomic E-state index is 0.121. The highest BCUT2D eigenvalue weighted by atomic mass is 16.5. The second-order valence-electron chi connectivity index (χ2n) is 4.08. The molecule has 1 unspecified atom stereocenters. The van der Waals surface area contributed by atoms with Gasteiger partial charge in [-0.3, -0.25) is 4.79 Å². The summed E-state index contributed by atoms with van der Waals surface area (Å²) >= 11 is 0. The second-order valence-corrected chi connectivity index (χ2v) is 4.08. The van der Waals surface area contributed by atoms with Crippen molar-refractivity contribution < 1.29 is 14.6 Å². The average molecular weight is 264 g/mol. The number of aryl methyl sites for hydroxylation is 1. The van der Waals surface area contributed by atoms with Crippen molar-refractivity contribution in [3.8, 4) is 6.07 Å². The minimum Gasteiger partial charge on any atom is -0.481 e. The molecule has 0 saturated carbocycles. The normalized spacial score (nSPS) is 11.7. The number of hydrogen-bond donors (Lipinski definition) is 2. The molecule has 7 nitrogen and oxygen atoms in total. The Morgan fingerprint density at radius 3 is 2.74 bits per heavy atom. The van der Waals surface area contributed by atoms with E-state index >= 15 is 0 Å². The van der Waals surface area contributed by atoms with Crippen molar-refractivity contribution in [3.05, 3.63) is 16.8 Å². The standard InChI is InChI=1S/C12H16N4O3/c1-7-8(2)15-16-12(10(7)5-13)14-6-9(19-3)4-11(17)18/h9H,4,6H2,1-3H3,(H,14,16)(H,17,18). The Balaban J connectivity index is 2.80. The molecule has 102 valence electrons. The van der Waals surface area contributed by atoms with Gasteiger partial charge in [-0.25, -0.2) is 0 Å². The van der Waals surface area contributed by atoms with Gasteiger partial charge in [0.25, 0.3) is 0 Å². The van der Waals surface area contributed by atoms with E-state index in [1.54, 1.807) is 13.8 Å². The zero-order valence-corrected chi connectivity index (χ0v) is 11.1. The maximum atomic E-state index is 10.6. The van der Waals surface area contributed by atoms with Crippen molar-refractivity contribution >= 4 is 11.8 Å². The molecule has 0 aliphatic rings. The van der Waals surface area contributed by atoms with Gasteiger partial charge >= 0.3 is 5.97 Å². The number of carbonyl (C=O) groups is 1. The molecule has 0 bridgehead atoms. The van der Waals surface area contributed by atoms with Gasteiger partial charge in [0.1, 0.15) is 11.6 Å². The summed E-state index contributed by atoms with van der Waals surface area (Å²) < 4.78 is 5.04. The molecular formula is C12H16N4O3. The molecule has 2 N–H and O–H groups in total. The Hall–Kier alpha value is -2.20. The number of ether oxygens (including phenoxy) is 1. The van der Waals surface area contributed by atoms with Crippen LogP contribution in [-0.4, -0.2) is 41.0 Å². The van der Waals surface area contributed by atoms with Gasteiger partial charge in [-0.05, 0) is 19.4 Å². The van der Waals surface area contributed by atoms with Crippen LogP contribution in [0.5, 0.6) is 0 Å². The first-order chi connectivity index (χ1) is 8.99. The maximum Gasteiger partial charge on any atom is 0.306 e. The Morgan fingerprint density at radius 2 is 2.21 bits per heavy atom. The van der Waals surface area contributed by atoms with Crippen LogP contribution in [0.1, 0.15) is 23.2 Å². The molecule has 1 aromatic rings. The zero-order chi connectivity index (χ0) is 14.4. The fourth-order valence-corrected chi connectivity index (χ4v) is 1.51. The summed E-state index contributed by atoms with van der Waals surface area (Å²) in [5.41, 5.74) is 1.86. The molecule has 0 fully saturated rings. The monoisotopic (exact) mass is 264 g/mol. The first-order valence-corrected chi connectivity index (χ1v) is 5.72. The van der Waals surface area contributed by atoms with Crippen LogP contribution in [0.2, 0.25) is 0 Å². The summed E-state index contributed by atoms with van der Waals surface area (Å²) in [5, 5.41) is 28.6. The smallest absolute Gasteiger partial charge is 0.306 e. The van der Waals surface area contributed by atoms with E-state index in [0.29, 0.717) is 17.1 Å². The Morgan fingerprint density at radius 1 is 1.53 bits per heavy atom. The number of nitriles is 1. The number of aliphatic carboxylic acids is 1. The van der Waals surface area contributed by atoms with Crippen LogP contribution in [-0.2, 0) is 9.53 Å². The molecular weight excluding hydrogens is 248 g/mol. The minimum atomic E-state index is -0.944.